The van der Waals surface area contributed by atoms with Crippen molar-refractivity contribution in [1.29, 1.82) is 0 Å². The van der Waals surface area contributed by atoms with Crippen molar-refractivity contribution in [2.75, 3.05) is 19.0 Å². The van der Waals surface area contributed by atoms with E-state index in [4.69, 9.17) is 0 Å². The molecule has 1 fully saturated rings. The number of hydrogen-bond donors (Lipinski definition) is 0. The predicted molar refractivity (Wildman–Crippen MR) is 43.6 cm³/mol. The lowest BCUT2D eigenvalue weighted by Crippen LogP contribution is -2.01. The second kappa shape index (κ2) is 2.27. The molecule has 1 saturated heterocycles. The van der Waals surface area contributed by atoms with Gasteiger partial charge < -0.3 is 0 Å². The van der Waals surface area contributed by atoms with E-state index >= 15 is 0 Å². The molecule has 0 bridgehead atoms. The number of hydrogen-bond acceptors (Lipinski definition) is 0. The van der Waals surface area contributed by atoms with Crippen LogP contribution < -0.4 is 0 Å². The summed E-state index contributed by atoms with van der Waals surface area (Å²) in [7, 11) is 0. The Morgan fingerprint density at radius 2 is 1.62 bits per heavy atom. The van der Waals surface area contributed by atoms with E-state index < -0.39 is 6.89 Å². The van der Waals surface area contributed by atoms with Gasteiger partial charge in [0.1, 0.15) is 0 Å². The van der Waals surface area contributed by atoms with Crippen molar-refractivity contribution in [3.8, 4) is 0 Å². The van der Waals surface area contributed by atoms with Crippen LogP contribution in [0, 0.1) is 0 Å². The maximum absolute atomic E-state index is 4.24. The van der Waals surface area contributed by atoms with Crippen LogP contribution in [0.4, 0.5) is 0 Å². The van der Waals surface area contributed by atoms with Crippen molar-refractivity contribution in [1.82, 2.24) is 0 Å². The summed E-state index contributed by atoms with van der Waals surface area (Å²) in [4.78, 5) is 0. The Balaban J connectivity index is 2.45. The molecule has 0 aromatic rings. The second-order valence-electron chi connectivity index (χ2n) is 3.13. The van der Waals surface area contributed by atoms with Gasteiger partial charge in [-0.3, -0.25) is 0 Å². The first-order valence-corrected chi connectivity index (χ1v) is 6.19. The van der Waals surface area contributed by atoms with Gasteiger partial charge in [0.2, 0.25) is 0 Å². The lowest BCUT2D eigenvalue weighted by molar-refractivity contribution is 0.753. The predicted octanol–water partition coefficient (Wildman–Crippen LogP) is 2.25. The Bertz CT molecular complexity index is 106. The molecule has 0 aromatic carbocycles. The molecule has 0 spiro atoms. The third-order valence-electron chi connectivity index (χ3n) is 1.90. The summed E-state index contributed by atoms with van der Waals surface area (Å²) >= 11 is 0. The molecule has 0 saturated carbocycles. The molecule has 0 nitrogen and oxygen atoms in total. The van der Waals surface area contributed by atoms with Crippen LogP contribution in [0.5, 0.6) is 0 Å². The van der Waals surface area contributed by atoms with Crippen molar-refractivity contribution in [3.63, 3.8) is 0 Å². The zero-order chi connectivity index (χ0) is 6.04. The van der Waals surface area contributed by atoms with Crippen molar-refractivity contribution in [2.24, 2.45) is 0 Å². The van der Waals surface area contributed by atoms with E-state index in [0.29, 0.717) is 0 Å². The second-order valence-corrected chi connectivity index (χ2v) is 7.26. The minimum atomic E-state index is -0.587. The van der Waals surface area contributed by atoms with Gasteiger partial charge in [-0.15, -0.1) is 13.2 Å². The summed E-state index contributed by atoms with van der Waals surface area (Å²) in [6, 6.07) is 0. The van der Waals surface area contributed by atoms with Gasteiger partial charge in [0, 0.05) is 0 Å². The standard InChI is InChI=1S/C7H15P/c1-8(2)6-4-3-5-7-8/h1,3-7H2,2H3. The molecule has 0 amide bonds. The van der Waals surface area contributed by atoms with Gasteiger partial charge in [-0.25, -0.2) is 0 Å². The highest BCUT2D eigenvalue weighted by Gasteiger charge is 2.10. The Morgan fingerprint density at radius 1 is 1.12 bits per heavy atom. The van der Waals surface area contributed by atoms with Crippen molar-refractivity contribution in [3.05, 3.63) is 0 Å². The molecule has 1 aliphatic rings. The first-order chi connectivity index (χ1) is 3.71. The molecule has 1 heteroatoms. The van der Waals surface area contributed by atoms with E-state index in [0.717, 1.165) is 0 Å². The minimum absolute atomic E-state index is 0.587. The van der Waals surface area contributed by atoms with Gasteiger partial charge >= 0.3 is 0 Å². The zero-order valence-corrected chi connectivity index (χ0v) is 6.58. The van der Waals surface area contributed by atoms with Crippen LogP contribution in [0.2, 0.25) is 0 Å². The SMILES string of the molecule is C=P1(C)CCCCC1. The summed E-state index contributed by atoms with van der Waals surface area (Å²) in [5.74, 6) is 0. The summed E-state index contributed by atoms with van der Waals surface area (Å²) in [6.45, 7) is 1.79. The van der Waals surface area contributed by atoms with E-state index in [2.05, 4.69) is 13.0 Å². The maximum Gasteiger partial charge on any atom is -0.0335 e. The van der Waals surface area contributed by atoms with Gasteiger partial charge in [0.15, 0.2) is 0 Å². The van der Waals surface area contributed by atoms with Crippen LogP contribution in [-0.4, -0.2) is 25.3 Å². The highest BCUT2D eigenvalue weighted by molar-refractivity contribution is 7.73. The van der Waals surface area contributed by atoms with E-state index in [1.807, 2.05) is 0 Å². The fourth-order valence-electron chi connectivity index (χ4n) is 1.28. The van der Waals surface area contributed by atoms with Crippen LogP contribution in [0.1, 0.15) is 19.3 Å². The molecule has 0 aliphatic carbocycles. The molecular weight excluding hydrogens is 115 g/mol. The largest absolute Gasteiger partial charge is 0.115 e. The molecule has 0 unspecified atom stereocenters. The molecule has 1 aliphatic heterocycles. The van der Waals surface area contributed by atoms with Gasteiger partial charge in [-0.2, -0.15) is 0 Å². The fraction of sp³-hybridized carbons (Fsp3) is 0.857. The molecular formula is C7H15P. The Kier molecular flexibility index (Phi) is 1.82. The minimum Gasteiger partial charge on any atom is -0.115 e. The van der Waals surface area contributed by atoms with Gasteiger partial charge in [-0.05, 0) is 31.8 Å². The van der Waals surface area contributed by atoms with Crippen LogP contribution in [0.15, 0.2) is 0 Å². The van der Waals surface area contributed by atoms with Crippen LogP contribution in [0.3, 0.4) is 0 Å². The average Bonchev–Trinajstić information content (AvgIpc) is 1.65. The summed E-state index contributed by atoms with van der Waals surface area (Å²) < 4.78 is 0. The third-order valence-corrected chi connectivity index (χ3v) is 4.69. The quantitative estimate of drug-likeness (QED) is 0.441. The molecule has 0 radical (unpaired) electrons. The summed E-state index contributed by atoms with van der Waals surface area (Å²) in [5.41, 5.74) is 0. The topological polar surface area (TPSA) is 0 Å². The molecule has 0 N–H and O–H groups in total. The molecule has 1 heterocycles. The third kappa shape index (κ3) is 1.67. The van der Waals surface area contributed by atoms with E-state index in [1.165, 1.54) is 31.6 Å². The van der Waals surface area contributed by atoms with Gasteiger partial charge in [0.25, 0.3) is 0 Å². The molecule has 8 heavy (non-hydrogen) atoms. The summed E-state index contributed by atoms with van der Waals surface area (Å²) in [6.07, 6.45) is 11.5. The maximum atomic E-state index is 4.24. The fourth-order valence-corrected chi connectivity index (χ4v) is 3.47. The van der Waals surface area contributed by atoms with E-state index in [1.54, 1.807) is 0 Å². The monoisotopic (exact) mass is 130 g/mol. The first-order valence-electron chi connectivity index (χ1n) is 3.40. The van der Waals surface area contributed by atoms with Crippen molar-refractivity contribution >= 4 is 13.2 Å². The van der Waals surface area contributed by atoms with Crippen molar-refractivity contribution in [2.45, 2.75) is 19.3 Å². The normalized spacial score (nSPS) is 27.6. The molecule has 48 valence electrons. The van der Waals surface area contributed by atoms with Gasteiger partial charge in [0.05, 0.1) is 0 Å². The number of rotatable bonds is 0. The highest BCUT2D eigenvalue weighted by atomic mass is 31.2. The van der Waals surface area contributed by atoms with E-state index in [-0.39, 0.29) is 0 Å². The lowest BCUT2D eigenvalue weighted by atomic mass is 10.3. The zero-order valence-electron chi connectivity index (χ0n) is 5.69. The summed E-state index contributed by atoms with van der Waals surface area (Å²) in [5, 5.41) is 0. The Hall–Kier alpha value is 0.300. The highest BCUT2D eigenvalue weighted by Crippen LogP contribution is 2.45. The molecule has 1 rings (SSSR count). The van der Waals surface area contributed by atoms with Crippen molar-refractivity contribution < 1.29 is 0 Å². The van der Waals surface area contributed by atoms with E-state index in [9.17, 15) is 0 Å². The Labute approximate surface area is 52.3 Å². The van der Waals surface area contributed by atoms with Gasteiger partial charge in [-0.1, -0.05) is 6.42 Å². The van der Waals surface area contributed by atoms with Crippen LogP contribution in [0.25, 0.3) is 0 Å². The van der Waals surface area contributed by atoms with Crippen LogP contribution in [-0.2, 0) is 0 Å². The Morgan fingerprint density at radius 3 is 1.88 bits per heavy atom. The molecule has 0 atom stereocenters. The average molecular weight is 130 g/mol. The smallest absolute Gasteiger partial charge is 0.0335 e. The first kappa shape index (κ1) is 6.42. The lowest BCUT2D eigenvalue weighted by Gasteiger charge is -2.23. The molecule has 0 aromatic heterocycles. The van der Waals surface area contributed by atoms with Crippen LogP contribution >= 0.6 is 6.89 Å².